The van der Waals surface area contributed by atoms with Crippen molar-refractivity contribution in [3.63, 3.8) is 0 Å². The summed E-state index contributed by atoms with van der Waals surface area (Å²) in [4.78, 5) is 29.7. The number of amidine groups is 1. The van der Waals surface area contributed by atoms with Gasteiger partial charge in [0.15, 0.2) is 17.3 Å². The normalized spacial score (nSPS) is 16.5. The van der Waals surface area contributed by atoms with Gasteiger partial charge in [0.25, 0.3) is 0 Å². The van der Waals surface area contributed by atoms with E-state index in [-0.39, 0.29) is 23.9 Å². The number of carbonyl (C=O) groups excluding carboxylic acids is 2. The molecule has 0 unspecified atom stereocenters. The molecule has 6 nitrogen and oxygen atoms in total. The summed E-state index contributed by atoms with van der Waals surface area (Å²) in [6, 6.07) is 4.58. The third-order valence-electron chi connectivity index (χ3n) is 3.84. The highest BCUT2D eigenvalue weighted by molar-refractivity contribution is 6.15. The lowest BCUT2D eigenvalue weighted by molar-refractivity contribution is -0.117. The number of hydrogen-bond acceptors (Lipinski definition) is 5. The molecule has 3 rings (SSSR count). The smallest absolute Gasteiger partial charge is 0.222 e. The van der Waals surface area contributed by atoms with Crippen LogP contribution in [0.5, 0.6) is 5.75 Å². The Bertz CT molecular complexity index is 827. The van der Waals surface area contributed by atoms with Crippen molar-refractivity contribution in [3.05, 3.63) is 47.6 Å². The van der Waals surface area contributed by atoms with Gasteiger partial charge in [-0.3, -0.25) is 9.59 Å². The van der Waals surface area contributed by atoms with Gasteiger partial charge in [-0.2, -0.15) is 0 Å². The molecule has 2 aliphatic heterocycles. The number of allylic oxidation sites excluding steroid dienone is 1. The minimum absolute atomic E-state index is 0.0632. The monoisotopic (exact) mass is 343 g/mol. The van der Waals surface area contributed by atoms with Crippen LogP contribution in [0.3, 0.4) is 0 Å². The van der Waals surface area contributed by atoms with E-state index < -0.39 is 5.82 Å². The third kappa shape index (κ3) is 3.60. The summed E-state index contributed by atoms with van der Waals surface area (Å²) in [6.07, 6.45) is 3.55. The Morgan fingerprint density at radius 3 is 2.96 bits per heavy atom. The van der Waals surface area contributed by atoms with Gasteiger partial charge in [-0.15, -0.1) is 0 Å². The largest absolute Gasteiger partial charge is 0.491 e. The summed E-state index contributed by atoms with van der Waals surface area (Å²) < 4.78 is 19.0. The van der Waals surface area contributed by atoms with Crippen LogP contribution in [-0.4, -0.2) is 30.7 Å². The highest BCUT2D eigenvalue weighted by Crippen LogP contribution is 2.29. The van der Waals surface area contributed by atoms with Crippen molar-refractivity contribution in [2.75, 3.05) is 18.1 Å². The quantitative estimate of drug-likeness (QED) is 0.914. The standard InChI is InChI=1S/C18H18FN3O3/c1-3-25-17-8-12(4-5-14(17)19)22-7-6-15-13(10-22)16(24)9-18(21-15)20-11(2)23/h4-8H,3,9-10H2,1-2H3,(H,20,21,23). The Labute approximate surface area is 144 Å². The second kappa shape index (κ2) is 6.88. The first kappa shape index (κ1) is 16.9. The predicted octanol–water partition coefficient (Wildman–Crippen LogP) is 2.32. The highest BCUT2D eigenvalue weighted by Gasteiger charge is 2.26. The number of nitrogens with one attached hydrogen (secondary N) is 1. The van der Waals surface area contributed by atoms with Crippen molar-refractivity contribution in [2.45, 2.75) is 20.3 Å². The van der Waals surface area contributed by atoms with Crippen LogP contribution in [0.4, 0.5) is 10.1 Å². The summed E-state index contributed by atoms with van der Waals surface area (Å²) in [5, 5.41) is 2.57. The molecule has 0 atom stereocenters. The van der Waals surface area contributed by atoms with E-state index in [9.17, 15) is 14.0 Å². The van der Waals surface area contributed by atoms with Gasteiger partial charge >= 0.3 is 0 Å². The van der Waals surface area contributed by atoms with Crippen molar-refractivity contribution in [1.29, 1.82) is 0 Å². The lowest BCUT2D eigenvalue weighted by Gasteiger charge is -2.28. The van der Waals surface area contributed by atoms with Crippen molar-refractivity contribution in [1.82, 2.24) is 5.32 Å². The van der Waals surface area contributed by atoms with Gasteiger partial charge in [-0.1, -0.05) is 0 Å². The van der Waals surface area contributed by atoms with Gasteiger partial charge in [0.2, 0.25) is 5.91 Å². The van der Waals surface area contributed by atoms with E-state index in [2.05, 4.69) is 10.3 Å². The second-order valence-electron chi connectivity index (χ2n) is 5.69. The average Bonchev–Trinajstić information content (AvgIpc) is 2.56. The summed E-state index contributed by atoms with van der Waals surface area (Å²) in [6.45, 7) is 3.86. The van der Waals surface area contributed by atoms with Crippen LogP contribution >= 0.6 is 0 Å². The molecule has 0 saturated heterocycles. The first-order valence-corrected chi connectivity index (χ1v) is 7.96. The van der Waals surface area contributed by atoms with Crippen LogP contribution in [0.15, 0.2) is 46.7 Å². The molecule has 1 aromatic carbocycles. The molecule has 0 aliphatic carbocycles. The van der Waals surface area contributed by atoms with Crippen LogP contribution in [0, 0.1) is 5.82 Å². The molecule has 0 fully saturated rings. The molecule has 0 spiro atoms. The number of anilines is 1. The number of halogens is 1. The fourth-order valence-electron chi connectivity index (χ4n) is 2.73. The number of carbonyl (C=O) groups is 2. The van der Waals surface area contributed by atoms with Gasteiger partial charge in [-0.25, -0.2) is 9.38 Å². The van der Waals surface area contributed by atoms with E-state index in [0.717, 1.165) is 5.69 Å². The summed E-state index contributed by atoms with van der Waals surface area (Å²) in [5.74, 6) is -0.240. The lowest BCUT2D eigenvalue weighted by atomic mass is 9.99. The van der Waals surface area contributed by atoms with E-state index in [1.54, 1.807) is 31.3 Å². The number of amides is 1. The number of Topliss-reactive ketones (excluding diaryl/α,β-unsaturated/α-hetero) is 1. The Hall–Kier alpha value is -2.96. The molecular weight excluding hydrogens is 325 g/mol. The zero-order valence-corrected chi connectivity index (χ0v) is 14.0. The Morgan fingerprint density at radius 1 is 1.44 bits per heavy atom. The molecule has 1 N–H and O–H groups in total. The van der Waals surface area contributed by atoms with Crippen molar-refractivity contribution >= 4 is 23.2 Å². The lowest BCUT2D eigenvalue weighted by Crippen LogP contribution is -2.36. The number of ether oxygens (including phenoxy) is 1. The van der Waals surface area contributed by atoms with Crippen LogP contribution in [0.1, 0.15) is 20.3 Å². The molecule has 1 amide bonds. The fraction of sp³-hybridized carbons (Fsp3) is 0.278. The molecule has 25 heavy (non-hydrogen) atoms. The molecule has 2 heterocycles. The molecule has 0 radical (unpaired) electrons. The van der Waals surface area contributed by atoms with E-state index in [1.807, 2.05) is 4.90 Å². The van der Waals surface area contributed by atoms with Gasteiger partial charge in [0.1, 0.15) is 5.84 Å². The first-order valence-electron chi connectivity index (χ1n) is 7.96. The first-order chi connectivity index (χ1) is 12.0. The predicted molar refractivity (Wildman–Crippen MR) is 92.0 cm³/mol. The SMILES string of the molecule is CCOc1cc(N2C=CC3=C(C2)C(=O)CC(NC(C)=O)=N3)ccc1F. The number of rotatable bonds is 3. The van der Waals surface area contributed by atoms with Crippen LogP contribution in [-0.2, 0) is 9.59 Å². The van der Waals surface area contributed by atoms with E-state index in [4.69, 9.17) is 4.74 Å². The maximum Gasteiger partial charge on any atom is 0.222 e. The minimum Gasteiger partial charge on any atom is -0.491 e. The van der Waals surface area contributed by atoms with Crippen molar-refractivity contribution < 1.29 is 18.7 Å². The summed E-state index contributed by atoms with van der Waals surface area (Å²) in [7, 11) is 0. The van der Waals surface area contributed by atoms with Gasteiger partial charge in [0, 0.05) is 30.5 Å². The molecule has 130 valence electrons. The molecular formula is C18H18FN3O3. The number of benzene rings is 1. The van der Waals surface area contributed by atoms with E-state index in [0.29, 0.717) is 30.3 Å². The third-order valence-corrected chi connectivity index (χ3v) is 3.84. The van der Waals surface area contributed by atoms with Crippen LogP contribution < -0.4 is 15.0 Å². The Balaban J connectivity index is 1.85. The number of ketones is 1. The van der Waals surface area contributed by atoms with E-state index >= 15 is 0 Å². The van der Waals surface area contributed by atoms with E-state index in [1.165, 1.54) is 13.0 Å². The van der Waals surface area contributed by atoms with Gasteiger partial charge in [0.05, 0.1) is 25.3 Å². The van der Waals surface area contributed by atoms with Gasteiger partial charge in [-0.05, 0) is 25.1 Å². The summed E-state index contributed by atoms with van der Waals surface area (Å²) in [5.41, 5.74) is 1.83. The van der Waals surface area contributed by atoms with Crippen LogP contribution in [0.2, 0.25) is 0 Å². The van der Waals surface area contributed by atoms with Gasteiger partial charge < -0.3 is 15.0 Å². The highest BCUT2D eigenvalue weighted by atomic mass is 19.1. The molecule has 1 aromatic rings. The Kier molecular flexibility index (Phi) is 4.65. The maximum absolute atomic E-state index is 13.7. The molecule has 0 bridgehead atoms. The number of nitrogens with zero attached hydrogens (tertiary/aromatic N) is 2. The molecule has 2 aliphatic rings. The number of hydrogen-bond donors (Lipinski definition) is 1. The minimum atomic E-state index is -0.426. The zero-order valence-electron chi connectivity index (χ0n) is 14.0. The molecule has 7 heteroatoms. The zero-order chi connectivity index (χ0) is 18.0. The number of aliphatic imine (C=N–C) groups is 1. The van der Waals surface area contributed by atoms with Crippen molar-refractivity contribution in [3.8, 4) is 5.75 Å². The van der Waals surface area contributed by atoms with Crippen molar-refractivity contribution in [2.24, 2.45) is 4.99 Å². The van der Waals surface area contributed by atoms with Crippen LogP contribution in [0.25, 0.3) is 0 Å². The fourth-order valence-corrected chi connectivity index (χ4v) is 2.73. The molecule has 0 aromatic heterocycles. The maximum atomic E-state index is 13.7. The molecule has 0 saturated carbocycles. The second-order valence-corrected chi connectivity index (χ2v) is 5.69. The topological polar surface area (TPSA) is 71.0 Å². The summed E-state index contributed by atoms with van der Waals surface area (Å²) >= 11 is 0. The average molecular weight is 343 g/mol. The Morgan fingerprint density at radius 2 is 2.24 bits per heavy atom.